The molecule has 7 rings (SSSR count). The van der Waals surface area contributed by atoms with E-state index in [4.69, 9.17) is 20.9 Å². The van der Waals surface area contributed by atoms with Crippen molar-refractivity contribution < 1.29 is 24.0 Å². The number of carbonyl (C=O) groups excluding carboxylic acids is 1. The number of hydrogen-bond acceptors (Lipinski definition) is 7. The number of Topliss-reactive ketones (excluding diaryl/α,β-unsaturated/α-hetero) is 1. The maximum atomic E-state index is 13.7. The lowest BCUT2D eigenvalue weighted by Gasteiger charge is -2.37. The third kappa shape index (κ3) is 10.9. The van der Waals surface area contributed by atoms with Crippen LogP contribution in [0.5, 0.6) is 11.5 Å². The van der Waals surface area contributed by atoms with Crippen LogP contribution in [0.25, 0.3) is 5.57 Å². The zero-order valence-electron chi connectivity index (χ0n) is 35.6. The Morgan fingerprint density at radius 1 is 0.583 bits per heavy atom. The van der Waals surface area contributed by atoms with Gasteiger partial charge in [-0.25, -0.2) is 0 Å². The summed E-state index contributed by atoms with van der Waals surface area (Å²) in [5.74, 6) is 1.40. The largest absolute Gasteiger partial charge is 0.871 e. The van der Waals surface area contributed by atoms with Crippen molar-refractivity contribution >= 4 is 34.1 Å². The predicted octanol–water partition coefficient (Wildman–Crippen LogP) is 10.1. The van der Waals surface area contributed by atoms with Crippen LogP contribution >= 0.6 is 0 Å². The number of ether oxygens (including phenoxy) is 2. The van der Waals surface area contributed by atoms with Gasteiger partial charge in [0.05, 0.1) is 13.2 Å². The Balaban J connectivity index is 1.05. The Kier molecular flexibility index (Phi) is 15.9. The number of rotatable bonds is 20. The molecule has 3 aromatic carbocycles. The van der Waals surface area contributed by atoms with E-state index in [0.717, 1.165) is 124 Å². The molecule has 4 aliphatic rings. The van der Waals surface area contributed by atoms with Gasteiger partial charge < -0.3 is 30.9 Å². The molecule has 8 heteroatoms. The highest BCUT2D eigenvalue weighted by Crippen LogP contribution is 2.40. The minimum Gasteiger partial charge on any atom is -0.871 e. The molecule has 0 atom stereocenters. The van der Waals surface area contributed by atoms with Gasteiger partial charge in [-0.05, 0) is 136 Å². The van der Waals surface area contributed by atoms with Crippen molar-refractivity contribution in [3.8, 4) is 11.5 Å². The number of nitrogens with two attached hydrogens (primary N) is 2. The van der Waals surface area contributed by atoms with Gasteiger partial charge in [-0.15, -0.1) is 0 Å². The Morgan fingerprint density at radius 2 is 1.08 bits per heavy atom. The zero-order valence-corrected chi connectivity index (χ0v) is 35.6. The van der Waals surface area contributed by atoms with Crippen molar-refractivity contribution in [3.63, 3.8) is 0 Å². The van der Waals surface area contributed by atoms with E-state index in [-0.39, 0.29) is 22.7 Å². The summed E-state index contributed by atoms with van der Waals surface area (Å²) in [7, 11) is 0. The minimum atomic E-state index is -0.182. The van der Waals surface area contributed by atoms with E-state index in [0.29, 0.717) is 36.4 Å². The summed E-state index contributed by atoms with van der Waals surface area (Å²) in [6, 6.07) is 25.7. The lowest BCUT2D eigenvalue weighted by molar-refractivity contribution is -0.488. The number of benzene rings is 3. The first-order valence-electron chi connectivity index (χ1n) is 23.0. The molecule has 0 aromatic heterocycles. The van der Waals surface area contributed by atoms with Gasteiger partial charge in [-0.3, -0.25) is 4.79 Å². The summed E-state index contributed by atoms with van der Waals surface area (Å²) in [6.07, 6.45) is 28.7. The fourth-order valence-corrected chi connectivity index (χ4v) is 9.30. The number of hydrogen-bond donors (Lipinski definition) is 2. The highest BCUT2D eigenvalue weighted by molar-refractivity contribution is 6.39. The molecule has 4 aliphatic carbocycles. The van der Waals surface area contributed by atoms with Crippen molar-refractivity contribution in [2.75, 3.05) is 31.2 Å². The maximum Gasteiger partial charge on any atom is 0.206 e. The van der Waals surface area contributed by atoms with E-state index in [1.54, 1.807) is 0 Å². The van der Waals surface area contributed by atoms with Crippen LogP contribution in [0.1, 0.15) is 121 Å². The van der Waals surface area contributed by atoms with Crippen molar-refractivity contribution in [2.24, 2.45) is 11.5 Å². The van der Waals surface area contributed by atoms with E-state index in [1.165, 1.54) is 38.5 Å². The molecular formula is C52H66N4O4. The van der Waals surface area contributed by atoms with Gasteiger partial charge in [0.15, 0.2) is 11.8 Å². The van der Waals surface area contributed by atoms with Gasteiger partial charge in [-0.1, -0.05) is 69.3 Å². The molecule has 4 N–H and O–H groups in total. The SMILES string of the molecule is NCCCCCCOc1ccc(N(c2ccc(C3=C([O-])C(=C4C=CC(=[N+](c5ccc(OCCCCCCN)cc5)C5CCCCC5)C=C4)C3=O)cc2)C2CCCCC2)cc1. The smallest absolute Gasteiger partial charge is 0.206 e. The molecule has 2 saturated carbocycles. The van der Waals surface area contributed by atoms with Crippen molar-refractivity contribution in [1.82, 2.24) is 0 Å². The Bertz CT molecular complexity index is 2000. The van der Waals surface area contributed by atoms with Crippen LogP contribution in [0, 0.1) is 0 Å². The van der Waals surface area contributed by atoms with Crippen molar-refractivity contribution in [3.05, 3.63) is 120 Å². The van der Waals surface area contributed by atoms with Gasteiger partial charge in [0.2, 0.25) is 11.4 Å². The van der Waals surface area contributed by atoms with Crippen molar-refractivity contribution in [2.45, 2.75) is 128 Å². The average Bonchev–Trinajstić information content (AvgIpc) is 3.29. The molecule has 0 saturated heterocycles. The molecular weight excluding hydrogens is 745 g/mol. The van der Waals surface area contributed by atoms with Crippen LogP contribution in [0.15, 0.2) is 114 Å². The molecule has 0 amide bonds. The fourth-order valence-electron chi connectivity index (χ4n) is 9.30. The normalized spacial score (nSPS) is 17.3. The lowest BCUT2D eigenvalue weighted by Crippen LogP contribution is -2.33. The maximum absolute atomic E-state index is 13.7. The van der Waals surface area contributed by atoms with Crippen LogP contribution < -0.4 is 30.9 Å². The number of ketones is 1. The van der Waals surface area contributed by atoms with E-state index in [2.05, 4.69) is 82.3 Å². The highest BCUT2D eigenvalue weighted by atomic mass is 16.5. The Hall–Kier alpha value is -4.92. The molecule has 0 radical (unpaired) electrons. The first-order valence-corrected chi connectivity index (χ1v) is 23.0. The van der Waals surface area contributed by atoms with Crippen LogP contribution in [-0.4, -0.2) is 54.5 Å². The number of unbranched alkanes of at least 4 members (excludes halogenated alkanes) is 6. The predicted molar refractivity (Wildman–Crippen MR) is 243 cm³/mol. The molecule has 8 nitrogen and oxygen atoms in total. The highest BCUT2D eigenvalue weighted by Gasteiger charge is 2.33. The number of allylic oxidation sites excluding steroid dienone is 7. The molecule has 0 aliphatic heterocycles. The van der Waals surface area contributed by atoms with Crippen LogP contribution in [0.2, 0.25) is 0 Å². The summed E-state index contributed by atoms with van der Waals surface area (Å²) < 4.78 is 14.5. The molecule has 0 heterocycles. The molecule has 3 aromatic rings. The summed E-state index contributed by atoms with van der Waals surface area (Å²) >= 11 is 0. The Morgan fingerprint density at radius 3 is 1.62 bits per heavy atom. The first kappa shape index (κ1) is 43.2. The topological polar surface area (TPSA) is 117 Å². The van der Waals surface area contributed by atoms with Crippen LogP contribution in [0.4, 0.5) is 17.1 Å². The number of anilines is 2. The van der Waals surface area contributed by atoms with E-state index < -0.39 is 0 Å². The lowest BCUT2D eigenvalue weighted by atomic mass is 9.80. The monoisotopic (exact) mass is 811 g/mol. The van der Waals surface area contributed by atoms with Crippen molar-refractivity contribution in [1.29, 1.82) is 0 Å². The summed E-state index contributed by atoms with van der Waals surface area (Å²) in [5.41, 5.74) is 17.5. The second kappa shape index (κ2) is 22.1. The third-order valence-electron chi connectivity index (χ3n) is 12.6. The number of nitrogens with zero attached hydrogens (tertiary/aromatic N) is 2. The second-order valence-corrected chi connectivity index (χ2v) is 16.9. The third-order valence-corrected chi connectivity index (χ3v) is 12.6. The molecule has 0 spiro atoms. The Labute approximate surface area is 358 Å². The van der Waals surface area contributed by atoms with Gasteiger partial charge in [0, 0.05) is 65.7 Å². The molecule has 0 bridgehead atoms. The molecule has 318 valence electrons. The van der Waals surface area contributed by atoms with E-state index >= 15 is 0 Å². The summed E-state index contributed by atoms with van der Waals surface area (Å²) in [5, 5.41) is 13.7. The van der Waals surface area contributed by atoms with E-state index in [9.17, 15) is 9.90 Å². The van der Waals surface area contributed by atoms with Gasteiger partial charge in [-0.2, -0.15) is 4.58 Å². The van der Waals surface area contributed by atoms with Gasteiger partial charge in [0.25, 0.3) is 0 Å². The first-order chi connectivity index (χ1) is 29.6. The molecule has 0 unspecified atom stereocenters. The van der Waals surface area contributed by atoms with E-state index in [1.807, 2.05) is 24.3 Å². The summed E-state index contributed by atoms with van der Waals surface area (Å²) in [6.45, 7) is 2.91. The molecule has 60 heavy (non-hydrogen) atoms. The van der Waals surface area contributed by atoms with Gasteiger partial charge >= 0.3 is 0 Å². The average molecular weight is 811 g/mol. The zero-order chi connectivity index (χ0) is 41.5. The quantitative estimate of drug-likeness (QED) is 0.0663. The summed E-state index contributed by atoms with van der Waals surface area (Å²) in [4.78, 5) is 16.2. The second-order valence-electron chi connectivity index (χ2n) is 16.9. The fraction of sp³-hybridized carbons (Fsp3) is 0.462. The molecule has 2 fully saturated rings. The van der Waals surface area contributed by atoms with Crippen LogP contribution in [-0.2, 0) is 4.79 Å². The minimum absolute atomic E-state index is 0.182. The van der Waals surface area contributed by atoms with Crippen LogP contribution in [0.3, 0.4) is 0 Å². The van der Waals surface area contributed by atoms with Gasteiger partial charge in [0.1, 0.15) is 11.5 Å². The standard InChI is InChI=1S/C52H66N4O4/c53-35-11-1-3-13-37-59-47-31-27-45(28-32-47)55(41-15-7-5-8-16-41)43-23-19-39(20-24-43)49-51(57)50(52(49)58)40-21-25-44(26-22-40)56(42-17-9-6-10-18-42)46-29-33-48(34-30-46)60-38-14-4-2-12-36-54/h19-34,41-42H,1-18,35-38,53-54H2. The number of carbonyl (C=O) groups is 1.